The second kappa shape index (κ2) is 6.52. The molecular formula is C13H27N3O2S. The van der Waals surface area contributed by atoms with Crippen molar-refractivity contribution in [2.75, 3.05) is 13.1 Å². The molecule has 0 amide bonds. The zero-order valence-corrected chi connectivity index (χ0v) is 12.9. The zero-order valence-electron chi connectivity index (χ0n) is 12.1. The van der Waals surface area contributed by atoms with Crippen molar-refractivity contribution in [3.8, 4) is 0 Å². The molecule has 0 bridgehead atoms. The predicted molar refractivity (Wildman–Crippen MR) is 77.2 cm³/mol. The van der Waals surface area contributed by atoms with E-state index in [4.69, 9.17) is 0 Å². The van der Waals surface area contributed by atoms with Gasteiger partial charge in [0.2, 0.25) is 0 Å². The highest BCUT2D eigenvalue weighted by molar-refractivity contribution is 7.87. The Morgan fingerprint density at radius 3 is 2.26 bits per heavy atom. The van der Waals surface area contributed by atoms with Crippen LogP contribution in [0, 0.1) is 0 Å². The van der Waals surface area contributed by atoms with E-state index >= 15 is 0 Å². The van der Waals surface area contributed by atoms with Crippen molar-refractivity contribution in [1.82, 2.24) is 14.3 Å². The van der Waals surface area contributed by atoms with Crippen molar-refractivity contribution in [3.05, 3.63) is 0 Å². The van der Waals surface area contributed by atoms with Gasteiger partial charge in [0.25, 0.3) is 10.2 Å². The Morgan fingerprint density at radius 1 is 1.05 bits per heavy atom. The molecule has 2 fully saturated rings. The molecule has 0 aliphatic carbocycles. The summed E-state index contributed by atoms with van der Waals surface area (Å²) in [4.78, 5) is 0. The van der Waals surface area contributed by atoms with Crippen molar-refractivity contribution < 1.29 is 8.42 Å². The molecule has 0 aromatic carbocycles. The molecule has 2 N–H and O–H groups in total. The van der Waals surface area contributed by atoms with Crippen LogP contribution in [0.5, 0.6) is 0 Å². The van der Waals surface area contributed by atoms with Gasteiger partial charge in [0, 0.05) is 31.2 Å². The SMILES string of the molecule is CC1CCC(NS(=O)(=O)N2CCCCCC2)C(C)N1. The molecule has 2 rings (SSSR count). The van der Waals surface area contributed by atoms with Gasteiger partial charge in [0.15, 0.2) is 0 Å². The van der Waals surface area contributed by atoms with E-state index in [1.807, 2.05) is 0 Å². The molecule has 0 spiro atoms. The van der Waals surface area contributed by atoms with Gasteiger partial charge in [-0.1, -0.05) is 12.8 Å². The Kier molecular flexibility index (Phi) is 5.22. The average molecular weight is 289 g/mol. The number of rotatable bonds is 3. The highest BCUT2D eigenvalue weighted by Crippen LogP contribution is 2.17. The van der Waals surface area contributed by atoms with Crippen LogP contribution < -0.4 is 10.0 Å². The first-order valence-electron chi connectivity index (χ1n) is 7.52. The fourth-order valence-electron chi connectivity index (χ4n) is 3.04. The Labute approximate surface area is 117 Å². The van der Waals surface area contributed by atoms with E-state index in [-0.39, 0.29) is 12.1 Å². The molecule has 2 saturated heterocycles. The summed E-state index contributed by atoms with van der Waals surface area (Å²) < 4.78 is 29.4. The summed E-state index contributed by atoms with van der Waals surface area (Å²) in [6.45, 7) is 5.54. The normalized spacial score (nSPS) is 34.9. The van der Waals surface area contributed by atoms with E-state index in [2.05, 4.69) is 23.9 Å². The van der Waals surface area contributed by atoms with Gasteiger partial charge in [0.1, 0.15) is 0 Å². The largest absolute Gasteiger partial charge is 0.310 e. The molecule has 0 saturated carbocycles. The Bertz CT molecular complexity index is 377. The lowest BCUT2D eigenvalue weighted by Gasteiger charge is -2.35. The Balaban J connectivity index is 1.96. The molecule has 112 valence electrons. The lowest BCUT2D eigenvalue weighted by molar-refractivity contribution is 0.290. The first kappa shape index (κ1) is 15.2. The van der Waals surface area contributed by atoms with Gasteiger partial charge in [-0.25, -0.2) is 0 Å². The average Bonchev–Trinajstić information content (AvgIpc) is 2.62. The number of hydrogen-bond donors (Lipinski definition) is 2. The molecule has 0 aromatic rings. The van der Waals surface area contributed by atoms with Gasteiger partial charge in [-0.2, -0.15) is 17.4 Å². The summed E-state index contributed by atoms with van der Waals surface area (Å²) in [6.07, 6.45) is 6.20. The molecule has 0 aromatic heterocycles. The van der Waals surface area contributed by atoms with Crippen LogP contribution >= 0.6 is 0 Å². The van der Waals surface area contributed by atoms with Crippen LogP contribution in [0.4, 0.5) is 0 Å². The molecular weight excluding hydrogens is 262 g/mol. The van der Waals surface area contributed by atoms with Crippen molar-refractivity contribution in [2.45, 2.75) is 70.5 Å². The molecule has 2 aliphatic rings. The molecule has 6 heteroatoms. The summed E-state index contributed by atoms with van der Waals surface area (Å²) in [5.41, 5.74) is 0. The summed E-state index contributed by atoms with van der Waals surface area (Å²) in [5.74, 6) is 0. The quantitative estimate of drug-likeness (QED) is 0.821. The summed E-state index contributed by atoms with van der Waals surface area (Å²) in [6, 6.07) is 0.698. The fourth-order valence-corrected chi connectivity index (χ4v) is 4.63. The lowest BCUT2D eigenvalue weighted by Crippen LogP contribution is -2.57. The minimum absolute atomic E-state index is 0.0180. The third-order valence-electron chi connectivity index (χ3n) is 4.27. The van der Waals surface area contributed by atoms with Gasteiger partial charge in [-0.15, -0.1) is 0 Å². The molecule has 19 heavy (non-hydrogen) atoms. The van der Waals surface area contributed by atoms with E-state index in [9.17, 15) is 8.42 Å². The first-order valence-corrected chi connectivity index (χ1v) is 8.96. The minimum atomic E-state index is -3.31. The number of piperidine rings is 1. The van der Waals surface area contributed by atoms with E-state index in [1.165, 1.54) is 0 Å². The van der Waals surface area contributed by atoms with Crippen LogP contribution in [-0.4, -0.2) is 43.9 Å². The van der Waals surface area contributed by atoms with Gasteiger partial charge in [-0.05, 0) is 39.5 Å². The first-order chi connectivity index (χ1) is 8.99. The van der Waals surface area contributed by atoms with Crippen LogP contribution in [0.3, 0.4) is 0 Å². The van der Waals surface area contributed by atoms with E-state index in [0.717, 1.165) is 38.5 Å². The van der Waals surface area contributed by atoms with Crippen LogP contribution in [-0.2, 0) is 10.2 Å². The maximum absolute atomic E-state index is 12.4. The Hall–Kier alpha value is -0.170. The fraction of sp³-hybridized carbons (Fsp3) is 1.00. The second-order valence-corrected chi connectivity index (χ2v) is 7.68. The minimum Gasteiger partial charge on any atom is -0.310 e. The second-order valence-electron chi connectivity index (χ2n) is 5.98. The van der Waals surface area contributed by atoms with Gasteiger partial charge >= 0.3 is 0 Å². The Morgan fingerprint density at radius 2 is 1.68 bits per heavy atom. The van der Waals surface area contributed by atoms with Gasteiger partial charge in [0.05, 0.1) is 0 Å². The summed E-state index contributed by atoms with van der Waals surface area (Å²) in [5, 5.41) is 3.42. The number of nitrogens with one attached hydrogen (secondary N) is 2. The van der Waals surface area contributed by atoms with E-state index in [0.29, 0.717) is 19.1 Å². The lowest BCUT2D eigenvalue weighted by atomic mass is 9.96. The van der Waals surface area contributed by atoms with E-state index < -0.39 is 10.2 Å². The zero-order chi connectivity index (χ0) is 13.9. The molecule has 2 heterocycles. The van der Waals surface area contributed by atoms with Crippen molar-refractivity contribution in [2.24, 2.45) is 0 Å². The molecule has 0 radical (unpaired) electrons. The monoisotopic (exact) mass is 289 g/mol. The molecule has 3 atom stereocenters. The van der Waals surface area contributed by atoms with Crippen LogP contribution in [0.15, 0.2) is 0 Å². The summed E-state index contributed by atoms with van der Waals surface area (Å²) >= 11 is 0. The molecule has 2 aliphatic heterocycles. The number of hydrogen-bond acceptors (Lipinski definition) is 3. The third kappa shape index (κ3) is 4.15. The van der Waals surface area contributed by atoms with Crippen molar-refractivity contribution in [3.63, 3.8) is 0 Å². The van der Waals surface area contributed by atoms with Gasteiger partial charge < -0.3 is 5.32 Å². The molecule has 3 unspecified atom stereocenters. The van der Waals surface area contributed by atoms with E-state index in [1.54, 1.807) is 4.31 Å². The smallest absolute Gasteiger partial charge is 0.279 e. The van der Waals surface area contributed by atoms with Gasteiger partial charge in [-0.3, -0.25) is 0 Å². The number of nitrogens with zero attached hydrogens (tertiary/aromatic N) is 1. The summed E-state index contributed by atoms with van der Waals surface area (Å²) in [7, 11) is -3.31. The van der Waals surface area contributed by atoms with Crippen LogP contribution in [0.1, 0.15) is 52.4 Å². The van der Waals surface area contributed by atoms with Crippen LogP contribution in [0.2, 0.25) is 0 Å². The maximum Gasteiger partial charge on any atom is 0.279 e. The van der Waals surface area contributed by atoms with Crippen molar-refractivity contribution >= 4 is 10.2 Å². The van der Waals surface area contributed by atoms with Crippen LogP contribution in [0.25, 0.3) is 0 Å². The third-order valence-corrected chi connectivity index (χ3v) is 5.91. The highest BCUT2D eigenvalue weighted by atomic mass is 32.2. The van der Waals surface area contributed by atoms with Crippen molar-refractivity contribution in [1.29, 1.82) is 0 Å². The highest BCUT2D eigenvalue weighted by Gasteiger charge is 2.31. The predicted octanol–water partition coefficient (Wildman–Crippen LogP) is 1.23. The maximum atomic E-state index is 12.4. The molecule has 5 nitrogen and oxygen atoms in total. The standard InChI is InChI=1S/C13H27N3O2S/c1-11-7-8-13(12(2)14-11)15-19(17,18)16-9-5-3-4-6-10-16/h11-15H,3-10H2,1-2H3. The topological polar surface area (TPSA) is 61.4 Å².